The lowest BCUT2D eigenvalue weighted by molar-refractivity contribution is -0.134. The molecule has 0 saturated carbocycles. The fourth-order valence-corrected chi connectivity index (χ4v) is 2.71. The average molecular weight is 297 g/mol. The van der Waals surface area contributed by atoms with E-state index in [-0.39, 0.29) is 11.5 Å². The minimum absolute atomic E-state index is 0.0390. The second-order valence-corrected chi connectivity index (χ2v) is 5.73. The van der Waals surface area contributed by atoms with E-state index in [1.165, 1.54) is 16.5 Å². The predicted octanol–water partition coefficient (Wildman–Crippen LogP) is 2.14. The maximum Gasteiger partial charge on any atom is 0.261 e. The van der Waals surface area contributed by atoms with Crippen LogP contribution in [-0.2, 0) is 4.79 Å². The summed E-state index contributed by atoms with van der Waals surface area (Å²) in [5.74, 6) is -0.0390. The summed E-state index contributed by atoms with van der Waals surface area (Å²) in [7, 11) is 0. The zero-order valence-corrected chi connectivity index (χ0v) is 12.8. The Morgan fingerprint density at radius 1 is 1.32 bits per heavy atom. The molecule has 1 aromatic carbocycles. The van der Waals surface area contributed by atoms with E-state index >= 15 is 0 Å². The number of hydrogen-bond donors (Lipinski definition) is 0. The normalized spacial score (nSPS) is 16.5. The highest BCUT2D eigenvalue weighted by molar-refractivity contribution is 5.81. The largest absolute Gasteiger partial charge is 0.337 e. The molecule has 5 heteroatoms. The van der Waals surface area contributed by atoms with Crippen LogP contribution in [0.15, 0.2) is 47.0 Å². The van der Waals surface area contributed by atoms with Gasteiger partial charge in [-0.3, -0.25) is 14.2 Å². The van der Waals surface area contributed by atoms with Crippen molar-refractivity contribution in [2.24, 2.45) is 0 Å². The van der Waals surface area contributed by atoms with E-state index in [2.05, 4.69) is 18.0 Å². The standard InChI is InChI=1S/C17H19N3O2/c1-12-7-9-19(10-8-12)16(21)13(2)20-11-18-15-6-4-3-5-14(15)17(20)22/h3-7,11,13H,8-10H2,1-2H3/t13-/m1/s1. The molecule has 22 heavy (non-hydrogen) atoms. The Morgan fingerprint density at radius 3 is 2.82 bits per heavy atom. The predicted molar refractivity (Wildman–Crippen MR) is 85.7 cm³/mol. The van der Waals surface area contributed by atoms with Crippen molar-refractivity contribution in [1.82, 2.24) is 14.5 Å². The van der Waals surface area contributed by atoms with Gasteiger partial charge < -0.3 is 4.90 Å². The van der Waals surface area contributed by atoms with Crippen molar-refractivity contribution in [3.05, 3.63) is 52.6 Å². The Hall–Kier alpha value is -2.43. The van der Waals surface area contributed by atoms with Crippen molar-refractivity contribution >= 4 is 16.8 Å². The van der Waals surface area contributed by atoms with Gasteiger partial charge in [0.05, 0.1) is 17.2 Å². The van der Waals surface area contributed by atoms with Crippen LogP contribution in [0.25, 0.3) is 10.9 Å². The van der Waals surface area contributed by atoms with Gasteiger partial charge in [0.1, 0.15) is 6.04 Å². The molecule has 0 radical (unpaired) electrons. The van der Waals surface area contributed by atoms with Crippen LogP contribution < -0.4 is 5.56 Å². The quantitative estimate of drug-likeness (QED) is 0.798. The number of carbonyl (C=O) groups is 1. The number of aromatic nitrogens is 2. The highest BCUT2D eigenvalue weighted by Gasteiger charge is 2.24. The van der Waals surface area contributed by atoms with Crippen molar-refractivity contribution in [2.45, 2.75) is 26.3 Å². The Labute approximate surface area is 128 Å². The van der Waals surface area contributed by atoms with Gasteiger partial charge in [-0.05, 0) is 32.4 Å². The van der Waals surface area contributed by atoms with Crippen molar-refractivity contribution in [3.63, 3.8) is 0 Å². The Kier molecular flexibility index (Phi) is 3.79. The molecule has 1 amide bonds. The summed E-state index contributed by atoms with van der Waals surface area (Å²) in [6, 6.07) is 6.64. The van der Waals surface area contributed by atoms with Gasteiger partial charge in [0, 0.05) is 13.1 Å². The van der Waals surface area contributed by atoms with Gasteiger partial charge in [-0.2, -0.15) is 0 Å². The fraction of sp³-hybridized carbons (Fsp3) is 0.353. The number of rotatable bonds is 2. The minimum Gasteiger partial charge on any atom is -0.337 e. The van der Waals surface area contributed by atoms with E-state index in [9.17, 15) is 9.59 Å². The van der Waals surface area contributed by atoms with Gasteiger partial charge in [-0.25, -0.2) is 4.98 Å². The molecule has 2 aromatic rings. The van der Waals surface area contributed by atoms with E-state index in [4.69, 9.17) is 0 Å². The third-order valence-corrected chi connectivity index (χ3v) is 4.21. The summed E-state index contributed by atoms with van der Waals surface area (Å²) < 4.78 is 1.43. The zero-order chi connectivity index (χ0) is 15.7. The SMILES string of the molecule is CC1=CCN(C(=O)[C@@H](C)n2cnc3ccccc3c2=O)CC1. The van der Waals surface area contributed by atoms with Crippen LogP contribution in [0.3, 0.4) is 0 Å². The Morgan fingerprint density at radius 2 is 2.09 bits per heavy atom. The molecular weight excluding hydrogens is 278 g/mol. The average Bonchev–Trinajstić information content (AvgIpc) is 2.55. The summed E-state index contributed by atoms with van der Waals surface area (Å²) in [5, 5.41) is 0.541. The molecule has 1 aliphatic heterocycles. The smallest absolute Gasteiger partial charge is 0.261 e. The summed E-state index contributed by atoms with van der Waals surface area (Å²) in [6.07, 6.45) is 4.43. The first-order valence-electron chi connectivity index (χ1n) is 7.48. The highest BCUT2D eigenvalue weighted by Crippen LogP contribution is 2.15. The second-order valence-electron chi connectivity index (χ2n) is 5.73. The monoisotopic (exact) mass is 297 g/mol. The molecule has 1 aromatic heterocycles. The molecule has 0 N–H and O–H groups in total. The van der Waals surface area contributed by atoms with Crippen LogP contribution in [0.4, 0.5) is 0 Å². The van der Waals surface area contributed by atoms with E-state index in [0.29, 0.717) is 24.0 Å². The molecule has 114 valence electrons. The van der Waals surface area contributed by atoms with Crippen LogP contribution in [0.5, 0.6) is 0 Å². The molecule has 0 spiro atoms. The summed E-state index contributed by atoms with van der Waals surface area (Å²) in [4.78, 5) is 31.2. The first-order valence-corrected chi connectivity index (χ1v) is 7.48. The molecule has 0 unspecified atom stereocenters. The van der Waals surface area contributed by atoms with E-state index in [1.807, 2.05) is 6.07 Å². The maximum absolute atomic E-state index is 12.6. The minimum atomic E-state index is -0.545. The maximum atomic E-state index is 12.6. The Balaban J connectivity index is 1.92. The van der Waals surface area contributed by atoms with Crippen molar-refractivity contribution in [3.8, 4) is 0 Å². The summed E-state index contributed by atoms with van der Waals surface area (Å²) in [6.45, 7) is 5.15. The number of fused-ring (bicyclic) bond motifs is 1. The topological polar surface area (TPSA) is 55.2 Å². The molecule has 0 saturated heterocycles. The Bertz CT molecular complexity index is 807. The van der Waals surface area contributed by atoms with Gasteiger partial charge >= 0.3 is 0 Å². The molecule has 1 atom stereocenters. The molecule has 0 aliphatic carbocycles. The van der Waals surface area contributed by atoms with Crippen LogP contribution >= 0.6 is 0 Å². The lowest BCUT2D eigenvalue weighted by Crippen LogP contribution is -2.41. The number of para-hydroxylation sites is 1. The first-order chi connectivity index (χ1) is 10.6. The number of nitrogens with zero attached hydrogens (tertiary/aromatic N) is 3. The van der Waals surface area contributed by atoms with Crippen LogP contribution in [-0.4, -0.2) is 33.4 Å². The molecule has 5 nitrogen and oxygen atoms in total. The molecule has 1 aliphatic rings. The third-order valence-electron chi connectivity index (χ3n) is 4.21. The summed E-state index contributed by atoms with van der Waals surface area (Å²) in [5.41, 5.74) is 1.79. The van der Waals surface area contributed by atoms with Gasteiger partial charge in [0.2, 0.25) is 5.91 Å². The first kappa shape index (κ1) is 14.5. The molecule has 0 fully saturated rings. The molecule has 0 bridgehead atoms. The van der Waals surface area contributed by atoms with Gasteiger partial charge in [0.25, 0.3) is 5.56 Å². The molecular formula is C17H19N3O2. The van der Waals surface area contributed by atoms with Crippen LogP contribution in [0.1, 0.15) is 26.3 Å². The fourth-order valence-electron chi connectivity index (χ4n) is 2.71. The van der Waals surface area contributed by atoms with Crippen molar-refractivity contribution in [1.29, 1.82) is 0 Å². The number of amides is 1. The second kappa shape index (κ2) is 5.75. The number of hydrogen-bond acceptors (Lipinski definition) is 3. The van der Waals surface area contributed by atoms with Crippen molar-refractivity contribution < 1.29 is 4.79 Å². The highest BCUT2D eigenvalue weighted by atomic mass is 16.2. The van der Waals surface area contributed by atoms with E-state index in [0.717, 1.165) is 6.42 Å². The van der Waals surface area contributed by atoms with E-state index < -0.39 is 6.04 Å². The number of benzene rings is 1. The molecule has 3 rings (SSSR count). The lowest BCUT2D eigenvalue weighted by atomic mass is 10.1. The van der Waals surface area contributed by atoms with Gasteiger partial charge in [-0.1, -0.05) is 23.8 Å². The third kappa shape index (κ3) is 2.54. The zero-order valence-electron chi connectivity index (χ0n) is 12.8. The lowest BCUT2D eigenvalue weighted by Gasteiger charge is -2.28. The van der Waals surface area contributed by atoms with E-state index in [1.54, 1.807) is 30.0 Å². The van der Waals surface area contributed by atoms with Crippen molar-refractivity contribution in [2.75, 3.05) is 13.1 Å². The van der Waals surface area contributed by atoms with Crippen LogP contribution in [0.2, 0.25) is 0 Å². The molecule has 2 heterocycles. The van der Waals surface area contributed by atoms with Gasteiger partial charge in [-0.15, -0.1) is 0 Å². The van der Waals surface area contributed by atoms with Gasteiger partial charge in [0.15, 0.2) is 0 Å². The summed E-state index contributed by atoms with van der Waals surface area (Å²) >= 11 is 0. The van der Waals surface area contributed by atoms with Crippen LogP contribution in [0, 0.1) is 0 Å². The number of carbonyl (C=O) groups excluding carboxylic acids is 1.